The molecule has 24 heavy (non-hydrogen) atoms. The molecule has 0 spiro atoms. The van der Waals surface area contributed by atoms with Crippen molar-refractivity contribution in [3.8, 4) is 0 Å². The maximum atomic E-state index is 13.0. The van der Waals surface area contributed by atoms with Crippen LogP contribution in [0.1, 0.15) is 53.0 Å². The molecule has 0 aromatic heterocycles. The average molecular weight is 369 g/mol. The van der Waals surface area contributed by atoms with Gasteiger partial charge in [-0.15, -0.1) is 0 Å². The summed E-state index contributed by atoms with van der Waals surface area (Å²) in [7, 11) is -0.983. The summed E-state index contributed by atoms with van der Waals surface area (Å²) < 4.78 is 15.0. The fourth-order valence-electron chi connectivity index (χ4n) is 3.99. The normalized spacial score (nSPS) is 25.6. The van der Waals surface area contributed by atoms with Crippen LogP contribution in [0.2, 0.25) is 5.02 Å². The van der Waals surface area contributed by atoms with Gasteiger partial charge in [-0.05, 0) is 77.6 Å². The van der Waals surface area contributed by atoms with Crippen LogP contribution in [-0.4, -0.2) is 37.9 Å². The molecule has 2 aliphatic heterocycles. The number of hydrogen-bond acceptors (Lipinski definition) is 2. The molecule has 1 aromatic rings. The van der Waals surface area contributed by atoms with E-state index in [9.17, 15) is 4.21 Å². The Morgan fingerprint density at radius 1 is 1.29 bits per heavy atom. The monoisotopic (exact) mass is 368 g/mol. The van der Waals surface area contributed by atoms with Crippen LogP contribution in [0.15, 0.2) is 18.2 Å². The van der Waals surface area contributed by atoms with E-state index < -0.39 is 11.0 Å². The molecular formula is C19H29ClN2OS. The van der Waals surface area contributed by atoms with Gasteiger partial charge in [-0.2, -0.15) is 0 Å². The van der Waals surface area contributed by atoms with Crippen molar-refractivity contribution in [1.29, 1.82) is 0 Å². The smallest absolute Gasteiger partial charge is 0.100 e. The van der Waals surface area contributed by atoms with Gasteiger partial charge in [0.2, 0.25) is 0 Å². The first kappa shape index (κ1) is 18.2. The lowest BCUT2D eigenvalue weighted by molar-refractivity contribution is 0.301. The van der Waals surface area contributed by atoms with Crippen LogP contribution in [0, 0.1) is 0 Å². The van der Waals surface area contributed by atoms with Crippen LogP contribution in [0.5, 0.6) is 0 Å². The number of hydrogen-bond donors (Lipinski definition) is 0. The zero-order chi connectivity index (χ0) is 17.7. The zero-order valence-electron chi connectivity index (χ0n) is 15.4. The maximum Gasteiger partial charge on any atom is 0.100 e. The molecule has 5 heteroatoms. The molecule has 2 atom stereocenters. The van der Waals surface area contributed by atoms with Crippen LogP contribution in [0.25, 0.3) is 0 Å². The summed E-state index contributed by atoms with van der Waals surface area (Å²) in [5.41, 5.74) is 2.61. The molecular weight excluding hydrogens is 340 g/mol. The lowest BCUT2D eigenvalue weighted by Gasteiger charge is -2.36. The third kappa shape index (κ3) is 3.38. The fourth-order valence-corrected chi connectivity index (χ4v) is 5.67. The Hall–Kier alpha value is -0.580. The van der Waals surface area contributed by atoms with Crippen molar-refractivity contribution >= 4 is 28.3 Å². The number of rotatable bonds is 2. The Morgan fingerprint density at radius 3 is 2.67 bits per heavy atom. The minimum absolute atomic E-state index is 0.0488. The summed E-state index contributed by atoms with van der Waals surface area (Å²) >= 11 is 6.18. The highest BCUT2D eigenvalue weighted by Gasteiger charge is 2.46. The first-order valence-corrected chi connectivity index (χ1v) is 10.3. The van der Waals surface area contributed by atoms with Crippen LogP contribution < -0.4 is 4.90 Å². The Bertz CT molecular complexity index is 653. The van der Waals surface area contributed by atoms with E-state index >= 15 is 0 Å². The molecule has 1 saturated heterocycles. The molecule has 1 aromatic carbocycles. The van der Waals surface area contributed by atoms with Crippen LogP contribution in [-0.2, 0) is 17.4 Å². The number of benzene rings is 1. The molecule has 2 unspecified atom stereocenters. The number of nitrogens with zero attached hydrogens (tertiary/aromatic N) is 2. The van der Waals surface area contributed by atoms with E-state index in [1.807, 2.05) is 6.07 Å². The average Bonchev–Trinajstić information content (AvgIpc) is 2.79. The number of aryl methyl sites for hydroxylation is 1. The lowest BCUT2D eigenvalue weighted by Crippen LogP contribution is -2.46. The summed E-state index contributed by atoms with van der Waals surface area (Å²) in [4.78, 5) is 2.52. The largest absolute Gasteiger partial charge is 0.367 e. The van der Waals surface area contributed by atoms with E-state index in [2.05, 4.69) is 56.0 Å². The molecule has 0 amide bonds. The summed E-state index contributed by atoms with van der Waals surface area (Å²) in [6.45, 7) is 12.6. The van der Waals surface area contributed by atoms with E-state index in [1.165, 1.54) is 11.3 Å². The summed E-state index contributed by atoms with van der Waals surface area (Å²) in [6.07, 6.45) is 3.30. The molecule has 134 valence electrons. The van der Waals surface area contributed by atoms with E-state index in [0.717, 1.165) is 37.4 Å². The molecule has 0 radical (unpaired) electrons. The highest BCUT2D eigenvalue weighted by molar-refractivity contribution is 7.84. The number of fused-ring (bicyclic) bond motifs is 1. The second-order valence-electron chi connectivity index (χ2n) is 8.66. The molecule has 0 N–H and O–H groups in total. The Balaban J connectivity index is 1.87. The van der Waals surface area contributed by atoms with E-state index in [4.69, 9.17) is 11.6 Å². The van der Waals surface area contributed by atoms with Gasteiger partial charge in [-0.3, -0.25) is 0 Å². The van der Waals surface area contributed by atoms with Gasteiger partial charge in [0.15, 0.2) is 0 Å². The van der Waals surface area contributed by atoms with Crippen LogP contribution in [0.4, 0.5) is 5.69 Å². The van der Waals surface area contributed by atoms with Crippen molar-refractivity contribution in [2.45, 2.75) is 70.2 Å². The zero-order valence-corrected chi connectivity index (χ0v) is 17.0. The van der Waals surface area contributed by atoms with Gasteiger partial charge < -0.3 is 4.90 Å². The standard InChI is InChI=1S/C19H29ClN2OS/c1-18(2,3)24(23)22-13-16(12-19(22,4)5)21-10-6-7-14-11-15(20)8-9-17(14)21/h8-9,11,16H,6-7,10,12-13H2,1-5H3. The van der Waals surface area contributed by atoms with E-state index in [0.29, 0.717) is 6.04 Å². The number of halogens is 1. The highest BCUT2D eigenvalue weighted by Crippen LogP contribution is 2.39. The van der Waals surface area contributed by atoms with Crippen molar-refractivity contribution < 1.29 is 4.21 Å². The second-order valence-corrected chi connectivity index (χ2v) is 11.3. The van der Waals surface area contributed by atoms with Crippen molar-refractivity contribution in [2.24, 2.45) is 0 Å². The fraction of sp³-hybridized carbons (Fsp3) is 0.684. The van der Waals surface area contributed by atoms with Gasteiger partial charge >= 0.3 is 0 Å². The predicted octanol–water partition coefficient (Wildman–Crippen LogP) is 4.41. The van der Waals surface area contributed by atoms with Gasteiger partial charge in [-0.1, -0.05) is 11.6 Å². The number of anilines is 1. The molecule has 2 aliphatic rings. The van der Waals surface area contributed by atoms with Crippen LogP contribution >= 0.6 is 11.6 Å². The second kappa shape index (κ2) is 6.30. The topological polar surface area (TPSA) is 23.6 Å². The molecule has 0 bridgehead atoms. The van der Waals surface area contributed by atoms with Gasteiger partial charge in [-0.25, -0.2) is 8.51 Å². The van der Waals surface area contributed by atoms with Crippen LogP contribution in [0.3, 0.4) is 0 Å². The first-order valence-electron chi connectivity index (χ1n) is 8.84. The minimum atomic E-state index is -0.983. The van der Waals surface area contributed by atoms with E-state index in [-0.39, 0.29) is 10.3 Å². The minimum Gasteiger partial charge on any atom is -0.367 e. The van der Waals surface area contributed by atoms with Gasteiger partial charge in [0.05, 0.1) is 4.75 Å². The summed E-state index contributed by atoms with van der Waals surface area (Å²) in [5.74, 6) is 0. The molecule has 0 aliphatic carbocycles. The molecule has 1 fully saturated rings. The molecule has 3 rings (SSSR count). The third-order valence-electron chi connectivity index (χ3n) is 5.15. The maximum absolute atomic E-state index is 13.0. The quantitative estimate of drug-likeness (QED) is 0.772. The van der Waals surface area contributed by atoms with Gasteiger partial charge in [0, 0.05) is 35.4 Å². The molecule has 0 saturated carbocycles. The third-order valence-corrected chi connectivity index (χ3v) is 7.47. The highest BCUT2D eigenvalue weighted by atomic mass is 35.5. The van der Waals surface area contributed by atoms with Crippen molar-refractivity contribution in [3.05, 3.63) is 28.8 Å². The lowest BCUT2D eigenvalue weighted by atomic mass is 9.96. The Kier molecular flexibility index (Phi) is 4.78. The van der Waals surface area contributed by atoms with Crippen molar-refractivity contribution in [2.75, 3.05) is 18.0 Å². The molecule has 2 heterocycles. The summed E-state index contributed by atoms with van der Waals surface area (Å²) in [6, 6.07) is 6.66. The Labute approximate surface area is 153 Å². The first-order chi connectivity index (χ1) is 11.1. The van der Waals surface area contributed by atoms with Gasteiger partial charge in [0.1, 0.15) is 11.0 Å². The van der Waals surface area contributed by atoms with Crippen molar-refractivity contribution in [1.82, 2.24) is 4.31 Å². The van der Waals surface area contributed by atoms with Gasteiger partial charge in [0.25, 0.3) is 0 Å². The summed E-state index contributed by atoms with van der Waals surface area (Å²) in [5, 5.41) is 0.817. The SMILES string of the molecule is CC1(C)CC(N2CCCc3cc(Cl)ccc32)CN1S(=O)C(C)(C)C. The van der Waals surface area contributed by atoms with Crippen molar-refractivity contribution in [3.63, 3.8) is 0 Å². The predicted molar refractivity (Wildman–Crippen MR) is 104 cm³/mol. The molecule has 3 nitrogen and oxygen atoms in total. The Morgan fingerprint density at radius 2 is 2.00 bits per heavy atom. The van der Waals surface area contributed by atoms with E-state index in [1.54, 1.807) is 0 Å².